The summed E-state index contributed by atoms with van der Waals surface area (Å²) in [4.78, 5) is 14.0. The standard InChI is InChI=1S/C7H7NO/c1-6-2-3-8-4-7(6)5-9/h2-5H,1H3. The minimum absolute atomic E-state index is 0.664. The number of carbonyl (C=O) groups excluding carboxylic acids is 1. The first kappa shape index (κ1) is 5.95. The van der Waals surface area contributed by atoms with Crippen molar-refractivity contribution < 1.29 is 4.79 Å². The minimum atomic E-state index is 0.664. The molecule has 0 spiro atoms. The van der Waals surface area contributed by atoms with Crippen LogP contribution in [0.4, 0.5) is 0 Å². The Bertz CT molecular complexity index is 220. The van der Waals surface area contributed by atoms with Crippen molar-refractivity contribution in [3.05, 3.63) is 29.6 Å². The van der Waals surface area contributed by atoms with Crippen LogP contribution in [-0.2, 0) is 0 Å². The highest BCUT2D eigenvalue weighted by atomic mass is 16.1. The van der Waals surface area contributed by atoms with Crippen LogP contribution in [-0.4, -0.2) is 11.3 Å². The zero-order valence-electron chi connectivity index (χ0n) is 5.16. The average Bonchev–Trinajstić information content (AvgIpc) is 1.89. The van der Waals surface area contributed by atoms with E-state index in [2.05, 4.69) is 4.98 Å². The van der Waals surface area contributed by atoms with Gasteiger partial charge in [0.05, 0.1) is 0 Å². The molecule has 0 aliphatic heterocycles. The van der Waals surface area contributed by atoms with Crippen molar-refractivity contribution >= 4 is 6.29 Å². The second kappa shape index (κ2) is 2.40. The summed E-state index contributed by atoms with van der Waals surface area (Å²) in [6, 6.07) is 1.81. The number of pyridine rings is 1. The summed E-state index contributed by atoms with van der Waals surface area (Å²) in [7, 11) is 0. The number of rotatable bonds is 1. The Kier molecular flexibility index (Phi) is 1.58. The number of aromatic nitrogens is 1. The van der Waals surface area contributed by atoms with Crippen LogP contribution in [0.15, 0.2) is 18.5 Å². The van der Waals surface area contributed by atoms with Gasteiger partial charge in [-0.25, -0.2) is 0 Å². The first-order valence-electron chi connectivity index (χ1n) is 2.70. The Labute approximate surface area is 53.5 Å². The zero-order valence-corrected chi connectivity index (χ0v) is 5.16. The molecule has 0 radical (unpaired) electrons. The van der Waals surface area contributed by atoms with Crippen LogP contribution in [0.5, 0.6) is 0 Å². The molecule has 0 amide bonds. The molecule has 0 aliphatic carbocycles. The fourth-order valence-electron chi connectivity index (χ4n) is 0.600. The molecule has 0 saturated carbocycles. The summed E-state index contributed by atoms with van der Waals surface area (Å²) in [5.41, 5.74) is 1.64. The van der Waals surface area contributed by atoms with E-state index < -0.39 is 0 Å². The van der Waals surface area contributed by atoms with E-state index >= 15 is 0 Å². The number of nitrogens with zero attached hydrogens (tertiary/aromatic N) is 1. The molecule has 0 aromatic carbocycles. The normalized spacial score (nSPS) is 9.00. The van der Waals surface area contributed by atoms with Crippen molar-refractivity contribution in [3.8, 4) is 0 Å². The maximum Gasteiger partial charge on any atom is 0.151 e. The summed E-state index contributed by atoms with van der Waals surface area (Å²) in [6.45, 7) is 1.88. The maximum absolute atomic E-state index is 10.2. The SMILES string of the molecule is Cc1ccncc1C=O. The molecular weight excluding hydrogens is 114 g/mol. The molecule has 0 aliphatic rings. The third-order valence-electron chi connectivity index (χ3n) is 1.21. The van der Waals surface area contributed by atoms with Gasteiger partial charge in [-0.1, -0.05) is 0 Å². The maximum atomic E-state index is 10.2. The lowest BCUT2D eigenvalue weighted by molar-refractivity contribution is 0.112. The van der Waals surface area contributed by atoms with E-state index in [0.717, 1.165) is 11.8 Å². The molecule has 1 rings (SSSR count). The van der Waals surface area contributed by atoms with Gasteiger partial charge in [-0.15, -0.1) is 0 Å². The van der Waals surface area contributed by atoms with Crippen molar-refractivity contribution in [1.82, 2.24) is 4.98 Å². The number of carbonyl (C=O) groups is 1. The van der Waals surface area contributed by atoms with Crippen molar-refractivity contribution in [1.29, 1.82) is 0 Å². The summed E-state index contributed by atoms with van der Waals surface area (Å²) in [6.07, 6.45) is 4.03. The van der Waals surface area contributed by atoms with Crippen LogP contribution in [0, 0.1) is 6.92 Å². The monoisotopic (exact) mass is 121 g/mol. The van der Waals surface area contributed by atoms with Gasteiger partial charge in [-0.05, 0) is 18.6 Å². The van der Waals surface area contributed by atoms with Crippen LogP contribution in [0.1, 0.15) is 15.9 Å². The highest BCUT2D eigenvalue weighted by Gasteiger charge is 1.91. The highest BCUT2D eigenvalue weighted by Crippen LogP contribution is 1.99. The number of hydrogen-bond acceptors (Lipinski definition) is 2. The summed E-state index contributed by atoms with van der Waals surface area (Å²) in [5.74, 6) is 0. The third kappa shape index (κ3) is 1.13. The molecule has 46 valence electrons. The van der Waals surface area contributed by atoms with Crippen LogP contribution in [0.25, 0.3) is 0 Å². The number of aryl methyl sites for hydroxylation is 1. The third-order valence-corrected chi connectivity index (χ3v) is 1.21. The van der Waals surface area contributed by atoms with Gasteiger partial charge < -0.3 is 0 Å². The van der Waals surface area contributed by atoms with E-state index in [-0.39, 0.29) is 0 Å². The summed E-state index contributed by atoms with van der Waals surface area (Å²) in [5, 5.41) is 0. The quantitative estimate of drug-likeness (QED) is 0.522. The zero-order chi connectivity index (χ0) is 6.69. The average molecular weight is 121 g/mol. The smallest absolute Gasteiger partial charge is 0.151 e. The lowest BCUT2D eigenvalue weighted by Crippen LogP contribution is -1.85. The Balaban J connectivity index is 3.15. The Morgan fingerprint density at radius 1 is 1.67 bits per heavy atom. The molecule has 0 unspecified atom stereocenters. The van der Waals surface area contributed by atoms with Crippen LogP contribution in [0.2, 0.25) is 0 Å². The molecule has 0 saturated heterocycles. The van der Waals surface area contributed by atoms with Crippen LogP contribution >= 0.6 is 0 Å². The predicted molar refractivity (Wildman–Crippen MR) is 34.4 cm³/mol. The van der Waals surface area contributed by atoms with Crippen molar-refractivity contribution in [2.24, 2.45) is 0 Å². The van der Waals surface area contributed by atoms with Crippen molar-refractivity contribution in [3.63, 3.8) is 0 Å². The fourth-order valence-corrected chi connectivity index (χ4v) is 0.600. The van der Waals surface area contributed by atoms with Crippen LogP contribution in [0.3, 0.4) is 0 Å². The molecular formula is C7H7NO. The molecule has 0 fully saturated rings. The highest BCUT2D eigenvalue weighted by molar-refractivity contribution is 5.76. The van der Waals surface area contributed by atoms with E-state index in [1.54, 1.807) is 12.4 Å². The van der Waals surface area contributed by atoms with Gasteiger partial charge in [0.25, 0.3) is 0 Å². The van der Waals surface area contributed by atoms with E-state index in [1.165, 1.54) is 0 Å². The second-order valence-corrected chi connectivity index (χ2v) is 1.85. The predicted octanol–water partition coefficient (Wildman–Crippen LogP) is 1.20. The Morgan fingerprint density at radius 3 is 2.89 bits per heavy atom. The fraction of sp³-hybridized carbons (Fsp3) is 0.143. The van der Waals surface area contributed by atoms with Gasteiger partial charge >= 0.3 is 0 Å². The van der Waals surface area contributed by atoms with E-state index in [4.69, 9.17) is 0 Å². The van der Waals surface area contributed by atoms with Crippen LogP contribution < -0.4 is 0 Å². The lowest BCUT2D eigenvalue weighted by Gasteiger charge is -1.91. The molecule has 2 heteroatoms. The minimum Gasteiger partial charge on any atom is -0.298 e. The number of hydrogen-bond donors (Lipinski definition) is 0. The molecule has 1 aromatic rings. The topological polar surface area (TPSA) is 30.0 Å². The van der Waals surface area contributed by atoms with E-state index in [0.29, 0.717) is 5.56 Å². The summed E-state index contributed by atoms with van der Waals surface area (Å²) >= 11 is 0. The van der Waals surface area contributed by atoms with Crippen molar-refractivity contribution in [2.75, 3.05) is 0 Å². The van der Waals surface area contributed by atoms with Gasteiger partial charge in [0.2, 0.25) is 0 Å². The molecule has 9 heavy (non-hydrogen) atoms. The molecule has 2 nitrogen and oxygen atoms in total. The first-order chi connectivity index (χ1) is 4.34. The molecule has 0 N–H and O–H groups in total. The second-order valence-electron chi connectivity index (χ2n) is 1.85. The molecule has 0 atom stereocenters. The van der Waals surface area contributed by atoms with E-state index in [1.807, 2.05) is 13.0 Å². The largest absolute Gasteiger partial charge is 0.298 e. The van der Waals surface area contributed by atoms with Gasteiger partial charge in [0.15, 0.2) is 6.29 Å². The lowest BCUT2D eigenvalue weighted by atomic mass is 10.2. The molecule has 1 aromatic heterocycles. The van der Waals surface area contributed by atoms with Crippen molar-refractivity contribution in [2.45, 2.75) is 6.92 Å². The Hall–Kier alpha value is -1.18. The summed E-state index contributed by atoms with van der Waals surface area (Å²) < 4.78 is 0. The van der Waals surface area contributed by atoms with Gasteiger partial charge in [0.1, 0.15) is 0 Å². The number of aldehydes is 1. The van der Waals surface area contributed by atoms with E-state index in [9.17, 15) is 4.79 Å². The molecule has 0 bridgehead atoms. The van der Waals surface area contributed by atoms with Gasteiger partial charge in [-0.2, -0.15) is 0 Å². The molecule has 1 heterocycles. The Morgan fingerprint density at radius 2 is 2.44 bits per heavy atom. The first-order valence-corrected chi connectivity index (χ1v) is 2.70. The van der Waals surface area contributed by atoms with Gasteiger partial charge in [0, 0.05) is 18.0 Å². The van der Waals surface area contributed by atoms with Gasteiger partial charge in [-0.3, -0.25) is 9.78 Å².